The van der Waals surface area contributed by atoms with Gasteiger partial charge < -0.3 is 14.3 Å². The van der Waals surface area contributed by atoms with Gasteiger partial charge >= 0.3 is 0 Å². The maximum absolute atomic E-state index is 14.5. The van der Waals surface area contributed by atoms with E-state index in [0.717, 1.165) is 37.7 Å². The SMILES string of the molecule is CCc1cnc(-c2cnc(OC3CCC(OC[C@H](C)CC(C)=O)CC3)c(F)c2)nc1. The molecule has 2 heterocycles. The van der Waals surface area contributed by atoms with E-state index < -0.39 is 5.82 Å². The monoisotopic (exact) mass is 415 g/mol. The summed E-state index contributed by atoms with van der Waals surface area (Å²) in [6, 6.07) is 1.37. The lowest BCUT2D eigenvalue weighted by Gasteiger charge is -2.29. The minimum atomic E-state index is -0.507. The lowest BCUT2D eigenvalue weighted by atomic mass is 9.94. The van der Waals surface area contributed by atoms with Crippen molar-refractivity contribution < 1.29 is 18.7 Å². The minimum absolute atomic E-state index is 0.0170. The molecule has 30 heavy (non-hydrogen) atoms. The van der Waals surface area contributed by atoms with E-state index in [1.165, 1.54) is 6.07 Å². The maximum Gasteiger partial charge on any atom is 0.250 e. The van der Waals surface area contributed by atoms with E-state index in [2.05, 4.69) is 15.0 Å². The number of hydrogen-bond donors (Lipinski definition) is 0. The second kappa shape index (κ2) is 10.6. The summed E-state index contributed by atoms with van der Waals surface area (Å²) in [6.45, 7) is 6.25. The van der Waals surface area contributed by atoms with E-state index in [1.807, 2.05) is 13.8 Å². The van der Waals surface area contributed by atoms with Crippen LogP contribution in [0.4, 0.5) is 4.39 Å². The second-order valence-corrected chi connectivity index (χ2v) is 8.14. The van der Waals surface area contributed by atoms with Gasteiger partial charge in [0, 0.05) is 37.2 Å². The van der Waals surface area contributed by atoms with Gasteiger partial charge in [-0.2, -0.15) is 0 Å². The predicted octanol–water partition coefficient (Wildman–Crippen LogP) is 4.56. The Bertz CT molecular complexity index is 836. The average molecular weight is 416 g/mol. The number of carbonyl (C=O) groups excluding carboxylic acids is 1. The molecule has 0 aliphatic heterocycles. The van der Waals surface area contributed by atoms with Crippen molar-refractivity contribution in [3.8, 4) is 17.3 Å². The molecule has 162 valence electrons. The van der Waals surface area contributed by atoms with Crippen molar-refractivity contribution in [1.82, 2.24) is 15.0 Å². The molecule has 1 aliphatic carbocycles. The average Bonchev–Trinajstić information content (AvgIpc) is 2.74. The molecule has 0 N–H and O–H groups in total. The van der Waals surface area contributed by atoms with Crippen molar-refractivity contribution in [3.05, 3.63) is 36.0 Å². The number of pyridine rings is 1. The van der Waals surface area contributed by atoms with Gasteiger partial charge in [-0.05, 0) is 56.6 Å². The lowest BCUT2D eigenvalue weighted by Crippen LogP contribution is -2.30. The highest BCUT2D eigenvalue weighted by molar-refractivity contribution is 5.75. The molecule has 0 unspecified atom stereocenters. The first-order valence-electron chi connectivity index (χ1n) is 10.7. The van der Waals surface area contributed by atoms with Crippen LogP contribution in [0.25, 0.3) is 11.4 Å². The molecule has 0 radical (unpaired) electrons. The Morgan fingerprint density at radius 1 is 1.13 bits per heavy atom. The number of aromatic nitrogens is 3. The fraction of sp³-hybridized carbons (Fsp3) is 0.565. The number of carbonyl (C=O) groups is 1. The molecule has 3 rings (SSSR count). The van der Waals surface area contributed by atoms with Crippen molar-refractivity contribution in [1.29, 1.82) is 0 Å². The fourth-order valence-corrected chi connectivity index (χ4v) is 3.65. The summed E-state index contributed by atoms with van der Waals surface area (Å²) in [5.74, 6) is 0.376. The minimum Gasteiger partial charge on any atom is -0.472 e. The number of aryl methyl sites for hydroxylation is 1. The smallest absolute Gasteiger partial charge is 0.250 e. The summed E-state index contributed by atoms with van der Waals surface area (Å²) >= 11 is 0. The third-order valence-electron chi connectivity index (χ3n) is 5.33. The van der Waals surface area contributed by atoms with Crippen LogP contribution in [0, 0.1) is 11.7 Å². The van der Waals surface area contributed by atoms with Crippen LogP contribution in [0.2, 0.25) is 0 Å². The molecule has 1 saturated carbocycles. The van der Waals surface area contributed by atoms with Gasteiger partial charge in [-0.25, -0.2) is 19.3 Å². The van der Waals surface area contributed by atoms with Crippen LogP contribution in [0.3, 0.4) is 0 Å². The zero-order valence-electron chi connectivity index (χ0n) is 17.9. The van der Waals surface area contributed by atoms with Crippen LogP contribution in [-0.2, 0) is 16.0 Å². The lowest BCUT2D eigenvalue weighted by molar-refractivity contribution is -0.118. The van der Waals surface area contributed by atoms with Crippen LogP contribution in [-0.4, -0.2) is 39.5 Å². The molecule has 1 aliphatic rings. The van der Waals surface area contributed by atoms with Crippen LogP contribution in [0.5, 0.6) is 5.88 Å². The highest BCUT2D eigenvalue weighted by Gasteiger charge is 2.25. The van der Waals surface area contributed by atoms with Crippen molar-refractivity contribution >= 4 is 5.78 Å². The van der Waals surface area contributed by atoms with Crippen LogP contribution >= 0.6 is 0 Å². The molecule has 0 amide bonds. The van der Waals surface area contributed by atoms with Gasteiger partial charge in [0.25, 0.3) is 5.88 Å². The van der Waals surface area contributed by atoms with E-state index in [0.29, 0.717) is 24.4 Å². The number of ketones is 1. The van der Waals surface area contributed by atoms with Crippen LogP contribution < -0.4 is 4.74 Å². The molecular formula is C23H30FN3O3. The molecule has 0 bridgehead atoms. The molecule has 0 spiro atoms. The Morgan fingerprint density at radius 3 is 2.40 bits per heavy atom. The third-order valence-corrected chi connectivity index (χ3v) is 5.33. The number of hydrogen-bond acceptors (Lipinski definition) is 6. The molecule has 1 fully saturated rings. The number of rotatable bonds is 9. The number of nitrogens with zero attached hydrogens (tertiary/aromatic N) is 3. The standard InChI is InChI=1S/C23H30FN3O3/c1-4-17-11-25-22(26-12-17)18-10-21(24)23(27-13-18)30-20-7-5-19(6-8-20)29-14-15(2)9-16(3)28/h10-13,15,19-20H,4-9,14H2,1-3H3/t15-,19?,20?/m1/s1. The Labute approximate surface area is 177 Å². The largest absolute Gasteiger partial charge is 0.472 e. The van der Waals surface area contributed by atoms with Gasteiger partial charge in [-0.3, -0.25) is 0 Å². The highest BCUT2D eigenvalue weighted by atomic mass is 19.1. The third kappa shape index (κ3) is 6.29. The summed E-state index contributed by atoms with van der Waals surface area (Å²) in [4.78, 5) is 23.9. The zero-order chi connectivity index (χ0) is 21.5. The Balaban J connectivity index is 1.49. The van der Waals surface area contributed by atoms with E-state index in [-0.39, 0.29) is 29.8 Å². The first-order valence-corrected chi connectivity index (χ1v) is 10.7. The second-order valence-electron chi connectivity index (χ2n) is 8.14. The number of ether oxygens (including phenoxy) is 2. The predicted molar refractivity (Wildman–Crippen MR) is 112 cm³/mol. The van der Waals surface area contributed by atoms with Gasteiger partial charge in [0.1, 0.15) is 11.9 Å². The van der Waals surface area contributed by atoms with Crippen molar-refractivity contribution in [3.63, 3.8) is 0 Å². The Morgan fingerprint density at radius 2 is 1.80 bits per heavy atom. The summed E-state index contributed by atoms with van der Waals surface area (Å²) in [7, 11) is 0. The van der Waals surface area contributed by atoms with E-state index in [4.69, 9.17) is 9.47 Å². The fourth-order valence-electron chi connectivity index (χ4n) is 3.65. The van der Waals surface area contributed by atoms with Crippen LogP contribution in [0.15, 0.2) is 24.7 Å². The van der Waals surface area contributed by atoms with E-state index in [9.17, 15) is 9.18 Å². The van der Waals surface area contributed by atoms with Crippen molar-refractivity contribution in [2.24, 2.45) is 5.92 Å². The highest BCUT2D eigenvalue weighted by Crippen LogP contribution is 2.27. The van der Waals surface area contributed by atoms with Gasteiger partial charge in [-0.15, -0.1) is 0 Å². The summed E-state index contributed by atoms with van der Waals surface area (Å²) in [6.07, 6.45) is 9.81. The molecule has 2 aromatic heterocycles. The first kappa shape index (κ1) is 22.3. The van der Waals surface area contributed by atoms with Gasteiger partial charge in [0.2, 0.25) is 0 Å². The molecule has 0 aromatic carbocycles. The van der Waals surface area contributed by atoms with E-state index >= 15 is 0 Å². The molecule has 7 heteroatoms. The molecule has 0 saturated heterocycles. The van der Waals surface area contributed by atoms with E-state index in [1.54, 1.807) is 25.5 Å². The van der Waals surface area contributed by atoms with Crippen molar-refractivity contribution in [2.45, 2.75) is 71.5 Å². The van der Waals surface area contributed by atoms with Gasteiger partial charge in [-0.1, -0.05) is 13.8 Å². The van der Waals surface area contributed by atoms with Crippen LogP contribution in [0.1, 0.15) is 58.4 Å². The molecular weight excluding hydrogens is 385 g/mol. The Hall–Kier alpha value is -2.41. The first-order chi connectivity index (χ1) is 14.4. The molecule has 2 aromatic rings. The quantitative estimate of drug-likeness (QED) is 0.598. The van der Waals surface area contributed by atoms with Crippen molar-refractivity contribution in [2.75, 3.05) is 6.61 Å². The summed E-state index contributed by atoms with van der Waals surface area (Å²) in [5, 5.41) is 0. The maximum atomic E-state index is 14.5. The summed E-state index contributed by atoms with van der Waals surface area (Å²) in [5.41, 5.74) is 1.55. The number of halogens is 1. The Kier molecular flexibility index (Phi) is 7.85. The number of Topliss-reactive ketones (excluding diaryl/α,β-unsaturated/α-hetero) is 1. The topological polar surface area (TPSA) is 74.2 Å². The summed E-state index contributed by atoms with van der Waals surface area (Å²) < 4.78 is 26.3. The van der Waals surface area contributed by atoms with Gasteiger partial charge in [0.15, 0.2) is 11.6 Å². The zero-order valence-corrected chi connectivity index (χ0v) is 17.9. The van der Waals surface area contributed by atoms with Gasteiger partial charge in [0.05, 0.1) is 6.10 Å². The molecule has 1 atom stereocenters. The normalized spacial score (nSPS) is 20.0. The molecule has 6 nitrogen and oxygen atoms in total.